The molecule has 0 aromatic carbocycles. The maximum absolute atomic E-state index is 12.1. The van der Waals surface area contributed by atoms with Gasteiger partial charge in [-0.15, -0.1) is 0 Å². The quantitative estimate of drug-likeness (QED) is 0.900. The summed E-state index contributed by atoms with van der Waals surface area (Å²) in [7, 11) is 1.73. The van der Waals surface area contributed by atoms with E-state index in [1.54, 1.807) is 30.2 Å². The molecule has 2 N–H and O–H groups in total. The van der Waals surface area contributed by atoms with Gasteiger partial charge in [0.05, 0.1) is 22.5 Å². The van der Waals surface area contributed by atoms with Crippen molar-refractivity contribution in [3.63, 3.8) is 0 Å². The molecule has 1 amide bonds. The third-order valence-electron chi connectivity index (χ3n) is 2.57. The fourth-order valence-electron chi connectivity index (χ4n) is 1.55. The van der Waals surface area contributed by atoms with E-state index in [0.717, 1.165) is 6.54 Å². The van der Waals surface area contributed by atoms with Gasteiger partial charge in [-0.2, -0.15) is 5.10 Å². The zero-order valence-corrected chi connectivity index (χ0v) is 11.4. The van der Waals surface area contributed by atoms with Crippen LogP contribution >= 0.6 is 11.6 Å². The van der Waals surface area contributed by atoms with Gasteiger partial charge < -0.3 is 10.6 Å². The Morgan fingerprint density at radius 3 is 2.89 bits per heavy atom. The van der Waals surface area contributed by atoms with Crippen LogP contribution in [-0.2, 0) is 6.54 Å². The third kappa shape index (κ3) is 3.03. The molecule has 0 bridgehead atoms. The first-order chi connectivity index (χ1) is 9.13. The topological polar surface area (TPSA) is 71.8 Å². The van der Waals surface area contributed by atoms with E-state index in [2.05, 4.69) is 20.7 Å². The average molecular weight is 280 g/mol. The first-order valence-corrected chi connectivity index (χ1v) is 6.19. The minimum Gasteiger partial charge on any atom is -0.373 e. The molecule has 0 fully saturated rings. The Labute approximate surface area is 115 Å². The molecule has 0 aliphatic rings. The smallest absolute Gasteiger partial charge is 0.257 e. The molecule has 0 spiro atoms. The van der Waals surface area contributed by atoms with Crippen LogP contribution < -0.4 is 10.6 Å². The fraction of sp³-hybridized carbons (Fsp3) is 0.250. The minimum atomic E-state index is -0.292. The Balaban J connectivity index is 2.19. The lowest BCUT2D eigenvalue weighted by Crippen LogP contribution is -2.13. The number of nitrogens with zero attached hydrogens (tertiary/aromatic N) is 3. The summed E-state index contributed by atoms with van der Waals surface area (Å²) in [6, 6.07) is 1.60. The Hall–Kier alpha value is -2.08. The number of hydrogen-bond donors (Lipinski definition) is 2. The zero-order chi connectivity index (χ0) is 13.8. The minimum absolute atomic E-state index is 0.292. The van der Waals surface area contributed by atoms with Gasteiger partial charge in [-0.1, -0.05) is 11.6 Å². The van der Waals surface area contributed by atoms with E-state index in [1.165, 1.54) is 6.20 Å². The summed E-state index contributed by atoms with van der Waals surface area (Å²) >= 11 is 5.97. The lowest BCUT2D eigenvalue weighted by Gasteiger charge is -2.06. The van der Waals surface area contributed by atoms with Gasteiger partial charge >= 0.3 is 0 Å². The van der Waals surface area contributed by atoms with Gasteiger partial charge in [-0.05, 0) is 13.0 Å². The van der Waals surface area contributed by atoms with Gasteiger partial charge in [-0.25, -0.2) is 4.98 Å². The van der Waals surface area contributed by atoms with Crippen LogP contribution in [0.5, 0.6) is 0 Å². The molecule has 100 valence electrons. The zero-order valence-electron chi connectivity index (χ0n) is 10.6. The van der Waals surface area contributed by atoms with Gasteiger partial charge in [0, 0.05) is 26.0 Å². The van der Waals surface area contributed by atoms with Crippen molar-refractivity contribution < 1.29 is 4.79 Å². The maximum atomic E-state index is 12.1. The van der Waals surface area contributed by atoms with E-state index >= 15 is 0 Å². The van der Waals surface area contributed by atoms with Crippen LogP contribution in [0.15, 0.2) is 24.7 Å². The maximum Gasteiger partial charge on any atom is 0.257 e. The van der Waals surface area contributed by atoms with Crippen LogP contribution in [0.1, 0.15) is 17.3 Å². The highest BCUT2D eigenvalue weighted by molar-refractivity contribution is 6.34. The molecule has 6 nitrogen and oxygen atoms in total. The van der Waals surface area contributed by atoms with Crippen molar-refractivity contribution in [2.45, 2.75) is 13.5 Å². The van der Waals surface area contributed by atoms with Gasteiger partial charge in [0.2, 0.25) is 0 Å². The van der Waals surface area contributed by atoms with E-state index in [4.69, 9.17) is 11.6 Å². The largest absolute Gasteiger partial charge is 0.373 e. The number of carbonyl (C=O) groups excluding carboxylic acids is 1. The summed E-state index contributed by atoms with van der Waals surface area (Å²) in [5.41, 5.74) is 0.996. The van der Waals surface area contributed by atoms with Gasteiger partial charge in [0.25, 0.3) is 5.91 Å². The van der Waals surface area contributed by atoms with Gasteiger partial charge in [0.15, 0.2) is 0 Å². The molecule has 2 heterocycles. The molecule has 19 heavy (non-hydrogen) atoms. The monoisotopic (exact) mass is 279 g/mol. The highest BCUT2D eigenvalue weighted by atomic mass is 35.5. The van der Waals surface area contributed by atoms with Crippen molar-refractivity contribution in [3.8, 4) is 0 Å². The molecule has 7 heteroatoms. The predicted octanol–water partition coefficient (Wildman–Crippen LogP) is 2.25. The molecule has 0 radical (unpaired) electrons. The number of hydrogen-bond acceptors (Lipinski definition) is 4. The molecule has 0 unspecified atom stereocenters. The van der Waals surface area contributed by atoms with Crippen molar-refractivity contribution >= 4 is 29.0 Å². The summed E-state index contributed by atoms with van der Waals surface area (Å²) in [5.74, 6) is 0.290. The molecular weight excluding hydrogens is 266 g/mol. The van der Waals surface area contributed by atoms with Crippen molar-refractivity contribution in [3.05, 3.63) is 35.2 Å². The number of anilines is 2. The average Bonchev–Trinajstić information content (AvgIpc) is 2.87. The number of aryl methyl sites for hydroxylation is 1. The molecule has 2 aromatic heterocycles. The third-order valence-corrected chi connectivity index (χ3v) is 2.87. The lowest BCUT2D eigenvalue weighted by atomic mass is 10.2. The van der Waals surface area contributed by atoms with Crippen LogP contribution in [0.2, 0.25) is 5.02 Å². The number of pyridine rings is 1. The molecule has 0 aliphatic heterocycles. The van der Waals surface area contributed by atoms with Crippen LogP contribution in [0.25, 0.3) is 0 Å². The highest BCUT2D eigenvalue weighted by Crippen LogP contribution is 2.19. The van der Waals surface area contributed by atoms with Crippen molar-refractivity contribution in [2.24, 2.45) is 0 Å². The Morgan fingerprint density at radius 1 is 1.47 bits per heavy atom. The van der Waals surface area contributed by atoms with Gasteiger partial charge in [0.1, 0.15) is 5.82 Å². The number of amides is 1. The summed E-state index contributed by atoms with van der Waals surface area (Å²) in [4.78, 5) is 16.1. The molecule has 0 aliphatic carbocycles. The Bertz CT molecular complexity index is 596. The van der Waals surface area contributed by atoms with Crippen LogP contribution in [0.3, 0.4) is 0 Å². The van der Waals surface area contributed by atoms with E-state index in [9.17, 15) is 4.79 Å². The molecule has 0 saturated carbocycles. The van der Waals surface area contributed by atoms with Crippen LogP contribution in [0.4, 0.5) is 11.5 Å². The second-order valence-corrected chi connectivity index (χ2v) is 4.25. The van der Waals surface area contributed by atoms with E-state index in [0.29, 0.717) is 22.1 Å². The first kappa shape index (κ1) is 13.4. The molecule has 2 rings (SSSR count). The van der Waals surface area contributed by atoms with E-state index in [-0.39, 0.29) is 5.91 Å². The Kier molecular flexibility index (Phi) is 4.01. The predicted molar refractivity (Wildman–Crippen MR) is 74.6 cm³/mol. The standard InChI is InChI=1S/C12H14ClN5O/c1-3-18-7-8(5-16-18)17-12(19)9-4-11(14-2)15-6-10(9)13/h4-7H,3H2,1-2H3,(H,14,15)(H,17,19). The van der Waals surface area contributed by atoms with Crippen molar-refractivity contribution in [1.82, 2.24) is 14.8 Å². The van der Waals surface area contributed by atoms with Crippen LogP contribution in [-0.4, -0.2) is 27.7 Å². The highest BCUT2D eigenvalue weighted by Gasteiger charge is 2.12. The fourth-order valence-corrected chi connectivity index (χ4v) is 1.74. The summed E-state index contributed by atoms with van der Waals surface area (Å²) < 4.78 is 1.72. The number of rotatable bonds is 4. The second-order valence-electron chi connectivity index (χ2n) is 3.84. The van der Waals surface area contributed by atoms with Crippen molar-refractivity contribution in [2.75, 3.05) is 17.7 Å². The number of nitrogens with one attached hydrogen (secondary N) is 2. The molecule has 0 atom stereocenters. The Morgan fingerprint density at radius 2 is 2.26 bits per heavy atom. The van der Waals surface area contributed by atoms with Gasteiger partial charge in [-0.3, -0.25) is 9.48 Å². The molecule has 0 saturated heterocycles. The second kappa shape index (κ2) is 5.71. The molecule has 2 aromatic rings. The normalized spacial score (nSPS) is 10.3. The lowest BCUT2D eigenvalue weighted by molar-refractivity contribution is 0.102. The SMILES string of the molecule is CCn1cc(NC(=O)c2cc(NC)ncc2Cl)cn1. The number of halogens is 1. The molecular formula is C12H14ClN5O. The summed E-state index contributed by atoms with van der Waals surface area (Å²) in [6.07, 6.45) is 4.79. The van der Waals surface area contributed by atoms with Crippen molar-refractivity contribution in [1.29, 1.82) is 0 Å². The number of carbonyl (C=O) groups is 1. The van der Waals surface area contributed by atoms with E-state index in [1.807, 2.05) is 6.92 Å². The first-order valence-electron chi connectivity index (χ1n) is 5.81. The number of aromatic nitrogens is 3. The van der Waals surface area contributed by atoms with Crippen LogP contribution in [0, 0.1) is 0 Å². The summed E-state index contributed by atoms with van der Waals surface area (Å²) in [6.45, 7) is 2.72. The summed E-state index contributed by atoms with van der Waals surface area (Å²) in [5, 5.41) is 9.99. The van der Waals surface area contributed by atoms with E-state index < -0.39 is 0 Å².